The van der Waals surface area contributed by atoms with Gasteiger partial charge in [-0.1, -0.05) is 88.4 Å². The van der Waals surface area contributed by atoms with Gasteiger partial charge in [0, 0.05) is 5.41 Å². The molecule has 132 valence electrons. The number of halogens is 2. The highest BCUT2D eigenvalue weighted by atomic mass is 35.5. The van der Waals surface area contributed by atoms with Crippen LogP contribution in [0.15, 0.2) is 60.7 Å². The lowest BCUT2D eigenvalue weighted by atomic mass is 9.48. The second-order valence-corrected chi connectivity index (χ2v) is 7.97. The fourth-order valence-electron chi connectivity index (χ4n) is 4.06. The van der Waals surface area contributed by atoms with Crippen LogP contribution in [0.4, 0.5) is 0 Å². The Balaban J connectivity index is 3.05. The molecule has 2 rings (SSSR count). The summed E-state index contributed by atoms with van der Waals surface area (Å²) in [6.07, 6.45) is 0. The molecule has 2 nitrogen and oxygen atoms in total. The van der Waals surface area contributed by atoms with Crippen LogP contribution in [0.25, 0.3) is 0 Å². The Morgan fingerprint density at radius 1 is 0.640 bits per heavy atom. The molecule has 0 saturated heterocycles. The highest BCUT2D eigenvalue weighted by Crippen LogP contribution is 2.59. The third kappa shape index (κ3) is 2.92. The van der Waals surface area contributed by atoms with Gasteiger partial charge in [-0.2, -0.15) is 0 Å². The van der Waals surface area contributed by atoms with E-state index in [2.05, 4.69) is 0 Å². The molecule has 0 aliphatic heterocycles. The van der Waals surface area contributed by atoms with Gasteiger partial charge in [-0.15, -0.1) is 0 Å². The van der Waals surface area contributed by atoms with Gasteiger partial charge in [0.05, 0.1) is 10.8 Å². The summed E-state index contributed by atoms with van der Waals surface area (Å²) in [7, 11) is 0. The van der Waals surface area contributed by atoms with Gasteiger partial charge in [0.15, 0.2) is 0 Å². The molecule has 0 bridgehead atoms. The van der Waals surface area contributed by atoms with Crippen LogP contribution >= 0.6 is 23.2 Å². The van der Waals surface area contributed by atoms with Gasteiger partial charge in [0.1, 0.15) is 0 Å². The van der Waals surface area contributed by atoms with Crippen molar-refractivity contribution in [1.29, 1.82) is 0 Å². The van der Waals surface area contributed by atoms with Crippen LogP contribution in [0.5, 0.6) is 0 Å². The van der Waals surface area contributed by atoms with Crippen molar-refractivity contribution in [3.05, 3.63) is 71.8 Å². The molecule has 2 aromatic rings. The van der Waals surface area contributed by atoms with Crippen LogP contribution < -0.4 is 0 Å². The molecule has 0 radical (unpaired) electrons. The molecule has 0 aliphatic carbocycles. The van der Waals surface area contributed by atoms with Gasteiger partial charge in [0.25, 0.3) is 0 Å². The summed E-state index contributed by atoms with van der Waals surface area (Å²) in [4.78, 5) is 25.1. The minimum Gasteiger partial charge on any atom is -0.281 e. The topological polar surface area (TPSA) is 34.1 Å². The average Bonchev–Trinajstić information content (AvgIpc) is 2.56. The van der Waals surface area contributed by atoms with Gasteiger partial charge in [0.2, 0.25) is 10.5 Å². The summed E-state index contributed by atoms with van der Waals surface area (Å²) in [6.45, 7) is 7.07. The fourth-order valence-corrected chi connectivity index (χ4v) is 4.35. The van der Waals surface area contributed by atoms with Crippen molar-refractivity contribution < 1.29 is 9.59 Å². The van der Waals surface area contributed by atoms with Crippen molar-refractivity contribution in [3.8, 4) is 0 Å². The van der Waals surface area contributed by atoms with Crippen LogP contribution in [0.2, 0.25) is 0 Å². The van der Waals surface area contributed by atoms with Crippen molar-refractivity contribution in [1.82, 2.24) is 0 Å². The van der Waals surface area contributed by atoms with E-state index in [1.807, 2.05) is 60.7 Å². The van der Waals surface area contributed by atoms with Gasteiger partial charge in [-0.3, -0.25) is 9.59 Å². The van der Waals surface area contributed by atoms with Gasteiger partial charge < -0.3 is 0 Å². The lowest BCUT2D eigenvalue weighted by Crippen LogP contribution is -2.58. The quantitative estimate of drug-likeness (QED) is 0.618. The minimum atomic E-state index is -1.09. The van der Waals surface area contributed by atoms with Gasteiger partial charge >= 0.3 is 0 Å². The Bertz CT molecular complexity index is 697. The molecular weight excluding hydrogens is 355 g/mol. The molecule has 0 fully saturated rings. The van der Waals surface area contributed by atoms with Crippen molar-refractivity contribution in [2.24, 2.45) is 10.8 Å². The van der Waals surface area contributed by atoms with Crippen LogP contribution in [0, 0.1) is 10.8 Å². The maximum Gasteiger partial charge on any atom is 0.228 e. The molecule has 0 N–H and O–H groups in total. The Morgan fingerprint density at radius 3 is 1.16 bits per heavy atom. The zero-order valence-electron chi connectivity index (χ0n) is 14.8. The summed E-state index contributed by atoms with van der Waals surface area (Å²) in [6, 6.07) is 19.0. The molecular formula is C21H22Cl2O2. The first-order valence-corrected chi connectivity index (χ1v) is 8.86. The van der Waals surface area contributed by atoms with Crippen LogP contribution in [-0.4, -0.2) is 10.5 Å². The number of hydrogen-bond donors (Lipinski definition) is 0. The average molecular weight is 377 g/mol. The van der Waals surface area contributed by atoms with E-state index >= 15 is 0 Å². The molecule has 2 aromatic carbocycles. The van der Waals surface area contributed by atoms with E-state index in [1.165, 1.54) is 0 Å². The lowest BCUT2D eigenvalue weighted by molar-refractivity contribution is -0.131. The summed E-state index contributed by atoms with van der Waals surface area (Å²) in [5.41, 5.74) is -1.59. The number of carbonyl (C=O) groups is 2. The predicted molar refractivity (Wildman–Crippen MR) is 103 cm³/mol. The number of benzene rings is 2. The lowest BCUT2D eigenvalue weighted by Gasteiger charge is -2.53. The van der Waals surface area contributed by atoms with E-state index in [9.17, 15) is 9.59 Å². The minimum absolute atomic E-state index is 0.522. The zero-order valence-corrected chi connectivity index (χ0v) is 16.4. The predicted octanol–water partition coefficient (Wildman–Crippen LogP) is 5.56. The number of carbonyl (C=O) groups excluding carboxylic acids is 2. The second-order valence-electron chi connectivity index (χ2n) is 7.28. The molecule has 0 amide bonds. The standard InChI is InChI=1S/C21H22Cl2O2/c1-19(2,17(22)24)21(20(3,4)18(23)25,15-11-7-5-8-12-15)16-13-9-6-10-14-16/h5-14H,1-4H3. The monoisotopic (exact) mass is 376 g/mol. The molecule has 0 saturated carbocycles. The maximum absolute atomic E-state index is 12.5. The molecule has 0 spiro atoms. The highest BCUT2D eigenvalue weighted by Gasteiger charge is 2.62. The molecule has 0 heterocycles. The van der Waals surface area contributed by atoms with E-state index in [-0.39, 0.29) is 0 Å². The Labute approximate surface area is 159 Å². The van der Waals surface area contributed by atoms with Gasteiger partial charge in [-0.25, -0.2) is 0 Å². The normalized spacial score (nSPS) is 12.7. The molecule has 0 aromatic heterocycles. The van der Waals surface area contributed by atoms with E-state index in [0.717, 1.165) is 11.1 Å². The first-order valence-electron chi connectivity index (χ1n) is 8.11. The summed E-state index contributed by atoms with van der Waals surface area (Å²) < 4.78 is 0. The van der Waals surface area contributed by atoms with E-state index in [4.69, 9.17) is 23.2 Å². The van der Waals surface area contributed by atoms with Crippen LogP contribution in [0.1, 0.15) is 38.8 Å². The Hall–Kier alpha value is -1.64. The van der Waals surface area contributed by atoms with E-state index in [1.54, 1.807) is 27.7 Å². The van der Waals surface area contributed by atoms with Crippen molar-refractivity contribution in [3.63, 3.8) is 0 Å². The Morgan fingerprint density at radius 2 is 0.920 bits per heavy atom. The largest absolute Gasteiger partial charge is 0.281 e. The second kappa shape index (κ2) is 6.93. The Kier molecular flexibility index (Phi) is 5.46. The summed E-state index contributed by atoms with van der Waals surface area (Å²) >= 11 is 12.1. The number of rotatable bonds is 6. The molecule has 25 heavy (non-hydrogen) atoms. The number of hydrogen-bond acceptors (Lipinski definition) is 2. The van der Waals surface area contributed by atoms with Crippen molar-refractivity contribution in [2.75, 3.05) is 0 Å². The molecule has 0 aliphatic rings. The first kappa shape index (κ1) is 19.7. The third-order valence-corrected chi connectivity index (χ3v) is 6.22. The first-order chi connectivity index (χ1) is 11.6. The SMILES string of the molecule is CC(C)(C(=O)Cl)C(c1ccccc1)(c1ccccc1)C(C)(C)C(=O)Cl. The van der Waals surface area contributed by atoms with Crippen LogP contribution in [0.3, 0.4) is 0 Å². The molecule has 0 atom stereocenters. The third-order valence-electron chi connectivity index (χ3n) is 5.27. The summed E-state index contributed by atoms with van der Waals surface area (Å²) in [5.74, 6) is 0. The smallest absolute Gasteiger partial charge is 0.228 e. The van der Waals surface area contributed by atoms with Gasteiger partial charge in [-0.05, 0) is 34.3 Å². The van der Waals surface area contributed by atoms with E-state index in [0.29, 0.717) is 0 Å². The van der Waals surface area contributed by atoms with Crippen molar-refractivity contribution in [2.45, 2.75) is 33.1 Å². The maximum atomic E-state index is 12.5. The highest BCUT2D eigenvalue weighted by molar-refractivity contribution is 6.66. The van der Waals surface area contributed by atoms with E-state index < -0.39 is 26.7 Å². The zero-order chi connectivity index (χ0) is 18.9. The van der Waals surface area contributed by atoms with Crippen molar-refractivity contribution >= 4 is 33.7 Å². The molecule has 0 unspecified atom stereocenters. The summed E-state index contributed by atoms with van der Waals surface area (Å²) in [5, 5.41) is -1.04. The fraction of sp³-hybridized carbons (Fsp3) is 0.333. The van der Waals surface area contributed by atoms with Crippen LogP contribution in [-0.2, 0) is 15.0 Å². The molecule has 4 heteroatoms.